The number of carbonyl (C=O) groups is 1. The molecule has 0 saturated carbocycles. The Labute approximate surface area is 312 Å². The zero-order valence-corrected chi connectivity index (χ0v) is 32.5. The van der Waals surface area contributed by atoms with E-state index in [0.717, 1.165) is 23.3 Å². The van der Waals surface area contributed by atoms with Gasteiger partial charge in [0.25, 0.3) is 0 Å². The number of carbonyl (C=O) groups excluding carboxylic acids is 1. The van der Waals surface area contributed by atoms with E-state index in [2.05, 4.69) is 41.8 Å². The van der Waals surface area contributed by atoms with E-state index in [1.165, 1.54) is 6.20 Å². The van der Waals surface area contributed by atoms with Gasteiger partial charge >= 0.3 is 0 Å². The first-order chi connectivity index (χ1) is 24.0. The summed E-state index contributed by atoms with van der Waals surface area (Å²) < 4.78 is 30.6. The van der Waals surface area contributed by atoms with Crippen LogP contribution in [0.3, 0.4) is 0 Å². The Hall–Kier alpha value is -4.15. The van der Waals surface area contributed by atoms with Gasteiger partial charge in [-0.05, 0) is 84.9 Å². The standard InChI is InChI=1S/C36H46FN8O3.HIS/c1-8-39-36(42-29-12-14-31(26(5)34(29)37)48-28(20-24(2)3)15-16-40-41-23-38)33-25(4)11-13-30-35(33)47-22-27-21-44(18-19-45(27)30)32(46)10-9-17-43(6)7;1-2/h8-16,20,23-24,40H,1,17-19,21-22H2,2-7H3,(H2,38,41)(H,39,42);2H/q+1;/b10-9+,16-15-,28-20+;. The number of likely N-dealkylation sites (N-methyl/N-ethyl adjacent to an activating group) is 1. The molecule has 2 aliphatic rings. The third-order valence-electron chi connectivity index (χ3n) is 7.65. The molecule has 0 unspecified atom stereocenters. The maximum atomic E-state index is 15.9. The van der Waals surface area contributed by atoms with Crippen LogP contribution >= 0.6 is 31.0 Å². The molecular formula is C36H47FIN8O3S+. The summed E-state index contributed by atoms with van der Waals surface area (Å²) in [6.45, 7) is 14.1. The van der Waals surface area contributed by atoms with Crippen molar-refractivity contribution >= 4 is 66.2 Å². The fourth-order valence-electron chi connectivity index (χ4n) is 5.35. The van der Waals surface area contributed by atoms with Crippen molar-refractivity contribution in [1.82, 2.24) is 15.2 Å². The second-order valence-electron chi connectivity index (χ2n) is 12.0. The lowest BCUT2D eigenvalue weighted by molar-refractivity contribution is -0.453. The number of nitrogens with zero attached hydrogens (tertiary/aromatic N) is 5. The smallest absolute Gasteiger partial charge is 0.248 e. The van der Waals surface area contributed by atoms with Gasteiger partial charge in [0.05, 0.1) is 17.8 Å². The van der Waals surface area contributed by atoms with Crippen LogP contribution in [0.4, 0.5) is 15.8 Å². The van der Waals surface area contributed by atoms with Crippen LogP contribution in [0.15, 0.2) is 83.4 Å². The number of amides is 1. The van der Waals surface area contributed by atoms with E-state index in [9.17, 15) is 4.79 Å². The molecule has 2 aromatic carbocycles. The Morgan fingerprint density at radius 3 is 2.70 bits per heavy atom. The number of nitrogens with two attached hydrogens (primary N) is 1. The van der Waals surface area contributed by atoms with Gasteiger partial charge in [-0.25, -0.2) is 9.38 Å². The van der Waals surface area contributed by atoms with Crippen molar-refractivity contribution < 1.29 is 23.2 Å². The Morgan fingerprint density at radius 2 is 2.02 bits per heavy atom. The van der Waals surface area contributed by atoms with E-state index in [4.69, 9.17) is 15.2 Å². The predicted molar refractivity (Wildman–Crippen MR) is 214 cm³/mol. The number of aryl methyl sites for hydroxylation is 1. The fourth-order valence-corrected chi connectivity index (χ4v) is 5.35. The average Bonchev–Trinajstić information content (AvgIpc) is 3.09. The summed E-state index contributed by atoms with van der Waals surface area (Å²) in [4.78, 5) is 21.2. The van der Waals surface area contributed by atoms with Crippen molar-refractivity contribution in [1.29, 1.82) is 0 Å². The minimum absolute atomic E-state index is 0.0180. The topological polar surface area (TPSA) is 120 Å². The van der Waals surface area contributed by atoms with E-state index in [1.54, 1.807) is 37.4 Å². The van der Waals surface area contributed by atoms with Gasteiger partial charge in [0.1, 0.15) is 30.2 Å². The average molecular weight is 818 g/mol. The number of hydrazone groups is 1. The number of nitrogens with one attached hydrogen (secondary N) is 2. The van der Waals surface area contributed by atoms with Gasteiger partial charge in [-0.3, -0.25) is 10.2 Å². The molecule has 0 aromatic heterocycles. The number of hydrogen-bond acceptors (Lipinski definition) is 8. The van der Waals surface area contributed by atoms with Crippen LogP contribution in [0.1, 0.15) is 30.5 Å². The van der Waals surface area contributed by atoms with E-state index in [-0.39, 0.29) is 17.5 Å². The van der Waals surface area contributed by atoms with Crippen molar-refractivity contribution in [3.8, 4) is 11.5 Å². The molecule has 1 amide bonds. The number of halogens is 2. The molecule has 0 atom stereocenters. The van der Waals surface area contributed by atoms with Crippen LogP contribution in [-0.4, -0.2) is 85.0 Å². The molecule has 0 radical (unpaired) electrons. The van der Waals surface area contributed by atoms with Crippen LogP contribution in [-0.2, 0) is 4.79 Å². The summed E-state index contributed by atoms with van der Waals surface area (Å²) in [6, 6.07) is 7.33. The molecule has 0 aliphatic carbocycles. The van der Waals surface area contributed by atoms with Crippen LogP contribution in [0, 0.1) is 25.6 Å². The van der Waals surface area contributed by atoms with Gasteiger partial charge < -0.3 is 30.3 Å². The second-order valence-corrected chi connectivity index (χ2v) is 12.0. The first-order valence-corrected chi connectivity index (χ1v) is 19.2. The molecule has 0 fully saturated rings. The summed E-state index contributed by atoms with van der Waals surface area (Å²) in [5, 5.41) is 6.92. The maximum Gasteiger partial charge on any atom is 0.248 e. The Kier molecular flexibility index (Phi) is 16.0. The molecule has 0 bridgehead atoms. The highest BCUT2D eigenvalue weighted by molar-refractivity contribution is 14.2. The third kappa shape index (κ3) is 10.7. The number of rotatable bonds is 12. The van der Waals surface area contributed by atoms with E-state index >= 15 is 4.39 Å². The molecule has 2 aromatic rings. The lowest BCUT2D eigenvalue weighted by Crippen LogP contribution is -2.49. The number of fused-ring (bicyclic) bond motifs is 2. The SMILES string of the molecule is C=CN=C(Nc1ccc(OC(/C=C\N/N=C\N)=C/C(C)C)c(C)c1F)c1c(C)ccc2c1OCC1=[N+]2CCN(C(=O)/C=C/CN(C)C)C1.SI. The number of thiol groups is 1. The molecule has 2 aliphatic heterocycles. The first-order valence-electron chi connectivity index (χ1n) is 16.0. The highest BCUT2D eigenvalue weighted by Crippen LogP contribution is 2.38. The first kappa shape index (κ1) is 40.3. The molecule has 4 N–H and O–H groups in total. The Bertz CT molecular complexity index is 1720. The van der Waals surface area contributed by atoms with Crippen molar-refractivity contribution in [3.63, 3.8) is 0 Å². The lowest BCUT2D eigenvalue weighted by atomic mass is 10.0. The molecule has 2 heterocycles. The lowest BCUT2D eigenvalue weighted by Gasteiger charge is -2.29. The van der Waals surface area contributed by atoms with Crippen molar-refractivity contribution in [2.45, 2.75) is 27.7 Å². The van der Waals surface area contributed by atoms with Gasteiger partial charge in [0, 0.05) is 36.7 Å². The summed E-state index contributed by atoms with van der Waals surface area (Å²) in [5.41, 5.74) is 11.9. The third-order valence-corrected chi connectivity index (χ3v) is 7.65. The summed E-state index contributed by atoms with van der Waals surface area (Å²) >= 11 is 1.84. The minimum atomic E-state index is -0.484. The van der Waals surface area contributed by atoms with Crippen LogP contribution < -0.4 is 25.9 Å². The molecule has 268 valence electrons. The number of hydrogen-bond donors (Lipinski definition) is 4. The maximum absolute atomic E-state index is 15.9. The van der Waals surface area contributed by atoms with Crippen molar-refractivity contribution in [2.24, 2.45) is 21.7 Å². The van der Waals surface area contributed by atoms with Crippen LogP contribution in [0.5, 0.6) is 11.5 Å². The Balaban J connectivity index is 0.00000332. The van der Waals surface area contributed by atoms with Crippen molar-refractivity contribution in [3.05, 3.63) is 95.8 Å². The number of anilines is 1. The van der Waals surface area contributed by atoms with Gasteiger partial charge in [0.15, 0.2) is 19.0 Å². The van der Waals surface area contributed by atoms with Gasteiger partial charge in [-0.15, -0.1) is 9.80 Å². The molecule has 0 saturated heterocycles. The number of allylic oxidation sites excluding steroid dienone is 2. The zero-order valence-electron chi connectivity index (χ0n) is 29.4. The summed E-state index contributed by atoms with van der Waals surface area (Å²) in [7, 11) is 7.42. The normalized spacial score (nSPS) is 14.9. The van der Waals surface area contributed by atoms with Gasteiger partial charge in [-0.2, -0.15) is 9.68 Å². The largest absolute Gasteiger partial charge is 0.475 e. The molecule has 0 spiro atoms. The van der Waals surface area contributed by atoms with E-state index < -0.39 is 5.82 Å². The molecule has 4 rings (SSSR count). The highest BCUT2D eigenvalue weighted by atomic mass is 127. The number of aliphatic imine (C=N–C) groups is 1. The number of benzene rings is 2. The van der Waals surface area contributed by atoms with Crippen LogP contribution in [0.25, 0.3) is 0 Å². The number of ether oxygens (including phenoxy) is 2. The molecule has 50 heavy (non-hydrogen) atoms. The predicted octanol–water partition coefficient (Wildman–Crippen LogP) is 6.07. The summed E-state index contributed by atoms with van der Waals surface area (Å²) in [6.07, 6.45) is 11.2. The number of amidine groups is 1. The summed E-state index contributed by atoms with van der Waals surface area (Å²) in [5.74, 6) is 1.60. The fraction of sp³-hybridized carbons (Fsp3) is 0.333. The monoisotopic (exact) mass is 817 g/mol. The highest BCUT2D eigenvalue weighted by Gasteiger charge is 2.37. The zero-order chi connectivity index (χ0) is 36.8. The van der Waals surface area contributed by atoms with E-state index in [1.807, 2.05) is 90.2 Å². The molecular weight excluding hydrogens is 770 g/mol. The van der Waals surface area contributed by atoms with Gasteiger partial charge in [-0.1, -0.05) is 32.6 Å². The van der Waals surface area contributed by atoms with E-state index in [0.29, 0.717) is 67.0 Å². The quantitative estimate of drug-likeness (QED) is 0.0237. The molecule has 11 nitrogen and oxygen atoms in total. The van der Waals surface area contributed by atoms with Gasteiger partial charge in [0.2, 0.25) is 23.1 Å². The van der Waals surface area contributed by atoms with Crippen molar-refractivity contribution in [2.75, 3.05) is 52.2 Å². The minimum Gasteiger partial charge on any atom is -0.475 e. The van der Waals surface area contributed by atoms with Crippen LogP contribution in [0.2, 0.25) is 0 Å². The second kappa shape index (κ2) is 19.9. The molecule has 14 heteroatoms. The Morgan fingerprint density at radius 1 is 1.26 bits per heavy atom.